The van der Waals surface area contributed by atoms with Crippen LogP contribution in [-0.2, 0) is 4.79 Å². The second-order valence-corrected chi connectivity index (χ2v) is 5.41. The molecule has 0 aromatic carbocycles. The summed E-state index contributed by atoms with van der Waals surface area (Å²) in [5.41, 5.74) is 0.371. The zero-order valence-corrected chi connectivity index (χ0v) is 10.7. The third-order valence-electron chi connectivity index (χ3n) is 2.09. The van der Waals surface area contributed by atoms with Crippen molar-refractivity contribution in [3.05, 3.63) is 16.8 Å². The normalized spacial score (nSPS) is 11.5. The molecule has 90 valence electrons. The fourth-order valence-electron chi connectivity index (χ4n) is 1.06. The molecule has 1 N–H and O–H groups in total. The van der Waals surface area contributed by atoms with E-state index >= 15 is 0 Å². The second kappa shape index (κ2) is 4.29. The van der Waals surface area contributed by atoms with E-state index in [1.807, 2.05) is 37.6 Å². The van der Waals surface area contributed by atoms with Crippen LogP contribution in [0, 0.1) is 5.41 Å². The third-order valence-corrected chi connectivity index (χ3v) is 2.78. The van der Waals surface area contributed by atoms with E-state index in [-0.39, 0.29) is 11.9 Å². The average Bonchev–Trinajstić information content (AvgIpc) is 2.83. The molecule has 0 bridgehead atoms. The SMILES string of the molecule is CC(C)(C)C(=O)Nc1nnc(-c2ccsc2)o1. The zero-order chi connectivity index (χ0) is 12.5. The van der Waals surface area contributed by atoms with Gasteiger partial charge < -0.3 is 4.42 Å². The minimum atomic E-state index is -0.489. The van der Waals surface area contributed by atoms with E-state index in [4.69, 9.17) is 4.42 Å². The molecular formula is C11H13N3O2S. The molecule has 0 saturated heterocycles. The molecule has 2 aromatic heterocycles. The van der Waals surface area contributed by atoms with Crippen LogP contribution in [0.3, 0.4) is 0 Å². The van der Waals surface area contributed by atoms with Crippen LogP contribution in [-0.4, -0.2) is 16.1 Å². The Labute approximate surface area is 103 Å². The van der Waals surface area contributed by atoms with Crippen molar-refractivity contribution in [2.24, 2.45) is 5.41 Å². The van der Waals surface area contributed by atoms with Crippen molar-refractivity contribution in [1.82, 2.24) is 10.2 Å². The predicted molar refractivity (Wildman–Crippen MR) is 65.7 cm³/mol. The van der Waals surface area contributed by atoms with Gasteiger partial charge in [-0.2, -0.15) is 11.3 Å². The maximum absolute atomic E-state index is 11.7. The van der Waals surface area contributed by atoms with Gasteiger partial charge in [0.15, 0.2) is 0 Å². The van der Waals surface area contributed by atoms with Crippen molar-refractivity contribution in [2.45, 2.75) is 20.8 Å². The molecule has 0 spiro atoms. The molecule has 2 heterocycles. The number of carbonyl (C=O) groups is 1. The molecule has 1 amide bonds. The summed E-state index contributed by atoms with van der Waals surface area (Å²) in [5.74, 6) is 0.258. The van der Waals surface area contributed by atoms with Gasteiger partial charge in [-0.3, -0.25) is 10.1 Å². The van der Waals surface area contributed by atoms with Gasteiger partial charge in [-0.15, -0.1) is 5.10 Å². The Morgan fingerprint density at radius 2 is 2.18 bits per heavy atom. The lowest BCUT2D eigenvalue weighted by Crippen LogP contribution is -2.27. The molecule has 0 aliphatic carbocycles. The summed E-state index contributed by atoms with van der Waals surface area (Å²) in [7, 11) is 0. The lowest BCUT2D eigenvalue weighted by Gasteiger charge is -2.15. The van der Waals surface area contributed by atoms with Gasteiger partial charge in [0.05, 0.1) is 0 Å². The number of nitrogens with zero attached hydrogens (tertiary/aromatic N) is 2. The summed E-state index contributed by atoms with van der Waals surface area (Å²) < 4.78 is 5.35. The van der Waals surface area contributed by atoms with Crippen molar-refractivity contribution >= 4 is 23.3 Å². The molecule has 0 aliphatic rings. The number of nitrogens with one attached hydrogen (secondary N) is 1. The number of thiophene rings is 1. The largest absolute Gasteiger partial charge is 0.403 e. The Kier molecular flexibility index (Phi) is 2.97. The summed E-state index contributed by atoms with van der Waals surface area (Å²) in [6.45, 7) is 5.45. The smallest absolute Gasteiger partial charge is 0.322 e. The molecule has 0 unspecified atom stereocenters. The molecule has 17 heavy (non-hydrogen) atoms. The van der Waals surface area contributed by atoms with Crippen molar-refractivity contribution in [1.29, 1.82) is 0 Å². The Morgan fingerprint density at radius 3 is 2.76 bits per heavy atom. The quantitative estimate of drug-likeness (QED) is 0.891. The molecule has 0 atom stereocenters. The van der Waals surface area contributed by atoms with Crippen LogP contribution in [0.1, 0.15) is 20.8 Å². The van der Waals surface area contributed by atoms with Gasteiger partial charge in [-0.25, -0.2) is 0 Å². The minimum Gasteiger partial charge on any atom is -0.403 e. The fraction of sp³-hybridized carbons (Fsp3) is 0.364. The lowest BCUT2D eigenvalue weighted by atomic mass is 9.96. The zero-order valence-electron chi connectivity index (χ0n) is 9.85. The first kappa shape index (κ1) is 11.8. The van der Waals surface area contributed by atoms with Crippen LogP contribution in [0.2, 0.25) is 0 Å². The summed E-state index contributed by atoms with van der Waals surface area (Å²) in [4.78, 5) is 11.7. The number of hydrogen-bond donors (Lipinski definition) is 1. The average molecular weight is 251 g/mol. The molecule has 2 aromatic rings. The molecule has 0 aliphatic heterocycles. The van der Waals surface area contributed by atoms with E-state index in [1.165, 1.54) is 0 Å². The Hall–Kier alpha value is -1.69. The number of aromatic nitrogens is 2. The fourth-order valence-corrected chi connectivity index (χ4v) is 1.69. The molecule has 6 heteroatoms. The number of hydrogen-bond acceptors (Lipinski definition) is 5. The second-order valence-electron chi connectivity index (χ2n) is 4.63. The van der Waals surface area contributed by atoms with Crippen LogP contribution in [0.25, 0.3) is 11.5 Å². The first-order valence-electron chi connectivity index (χ1n) is 5.14. The summed E-state index contributed by atoms with van der Waals surface area (Å²) in [5, 5.41) is 14.1. The van der Waals surface area contributed by atoms with E-state index in [0.29, 0.717) is 5.89 Å². The van der Waals surface area contributed by atoms with Crippen LogP contribution < -0.4 is 5.32 Å². The predicted octanol–water partition coefficient (Wildman–Crippen LogP) is 2.78. The van der Waals surface area contributed by atoms with Crippen LogP contribution >= 0.6 is 11.3 Å². The summed E-state index contributed by atoms with van der Waals surface area (Å²) in [6.07, 6.45) is 0. The molecular weight excluding hydrogens is 238 g/mol. The van der Waals surface area contributed by atoms with Crippen molar-refractivity contribution in [3.8, 4) is 11.5 Å². The molecule has 2 rings (SSSR count). The van der Waals surface area contributed by atoms with Gasteiger partial charge in [0, 0.05) is 16.4 Å². The summed E-state index contributed by atoms with van der Waals surface area (Å²) in [6, 6.07) is 2.01. The molecule has 5 nitrogen and oxygen atoms in total. The maximum Gasteiger partial charge on any atom is 0.322 e. The first-order valence-corrected chi connectivity index (χ1v) is 6.08. The van der Waals surface area contributed by atoms with Crippen molar-refractivity contribution < 1.29 is 9.21 Å². The van der Waals surface area contributed by atoms with E-state index < -0.39 is 5.41 Å². The molecule has 0 fully saturated rings. The van der Waals surface area contributed by atoms with Crippen LogP contribution in [0.5, 0.6) is 0 Å². The number of carbonyl (C=O) groups excluding carboxylic acids is 1. The van der Waals surface area contributed by atoms with E-state index in [9.17, 15) is 4.79 Å². The molecule has 0 saturated carbocycles. The first-order chi connectivity index (χ1) is 7.97. The lowest BCUT2D eigenvalue weighted by molar-refractivity contribution is -0.123. The highest BCUT2D eigenvalue weighted by molar-refractivity contribution is 7.08. The van der Waals surface area contributed by atoms with Gasteiger partial charge in [-0.1, -0.05) is 25.9 Å². The van der Waals surface area contributed by atoms with Crippen molar-refractivity contribution in [2.75, 3.05) is 5.32 Å². The number of rotatable bonds is 2. The van der Waals surface area contributed by atoms with Crippen molar-refractivity contribution in [3.63, 3.8) is 0 Å². The van der Waals surface area contributed by atoms with Gasteiger partial charge in [0.2, 0.25) is 5.91 Å². The van der Waals surface area contributed by atoms with Gasteiger partial charge in [0.25, 0.3) is 5.89 Å². The third kappa shape index (κ3) is 2.71. The minimum absolute atomic E-state index is 0.131. The Balaban J connectivity index is 2.12. The van der Waals surface area contributed by atoms with E-state index in [0.717, 1.165) is 5.56 Å². The Bertz CT molecular complexity index is 511. The summed E-state index contributed by atoms with van der Waals surface area (Å²) >= 11 is 1.55. The van der Waals surface area contributed by atoms with Gasteiger partial charge >= 0.3 is 6.01 Å². The van der Waals surface area contributed by atoms with Crippen LogP contribution in [0.15, 0.2) is 21.2 Å². The van der Waals surface area contributed by atoms with Gasteiger partial charge in [-0.05, 0) is 11.4 Å². The topological polar surface area (TPSA) is 68.0 Å². The molecule has 0 radical (unpaired) electrons. The number of amides is 1. The van der Waals surface area contributed by atoms with E-state index in [2.05, 4.69) is 15.5 Å². The standard InChI is InChI=1S/C11H13N3O2S/c1-11(2,3)9(15)12-10-14-13-8(16-10)7-4-5-17-6-7/h4-6H,1-3H3,(H,12,14,15). The monoisotopic (exact) mass is 251 g/mol. The highest BCUT2D eigenvalue weighted by atomic mass is 32.1. The van der Waals surface area contributed by atoms with Gasteiger partial charge in [0.1, 0.15) is 0 Å². The van der Waals surface area contributed by atoms with Crippen LogP contribution in [0.4, 0.5) is 6.01 Å². The number of anilines is 1. The Morgan fingerprint density at radius 1 is 1.41 bits per heavy atom. The maximum atomic E-state index is 11.7. The highest BCUT2D eigenvalue weighted by Crippen LogP contribution is 2.23. The van der Waals surface area contributed by atoms with E-state index in [1.54, 1.807) is 11.3 Å². The highest BCUT2D eigenvalue weighted by Gasteiger charge is 2.23.